The second-order valence-electron chi connectivity index (χ2n) is 5.49. The van der Waals surface area contributed by atoms with E-state index < -0.39 is 0 Å². The number of hydrogen-bond donors (Lipinski definition) is 1. The Kier molecular flexibility index (Phi) is 4.17. The summed E-state index contributed by atoms with van der Waals surface area (Å²) in [5.74, 6) is 1.80. The van der Waals surface area contributed by atoms with Gasteiger partial charge >= 0.3 is 0 Å². The largest absolute Gasteiger partial charge is 0.334 e. The minimum Gasteiger partial charge on any atom is -0.334 e. The summed E-state index contributed by atoms with van der Waals surface area (Å²) in [6.07, 6.45) is 5.70. The molecule has 0 aromatic carbocycles. The van der Waals surface area contributed by atoms with Crippen LogP contribution in [0.2, 0.25) is 0 Å². The molecule has 0 fully saturated rings. The first-order valence-electron chi connectivity index (χ1n) is 7.44. The van der Waals surface area contributed by atoms with E-state index in [1.165, 1.54) is 29.4 Å². The molecule has 3 heterocycles. The lowest BCUT2D eigenvalue weighted by Gasteiger charge is -2.23. The van der Waals surface area contributed by atoms with Crippen LogP contribution < -0.4 is 5.32 Å². The first-order valence-corrected chi connectivity index (χ1v) is 8.32. The number of nitrogens with one attached hydrogen (secondary N) is 1. The molecule has 0 bridgehead atoms. The van der Waals surface area contributed by atoms with Crippen LogP contribution in [-0.2, 0) is 19.5 Å². The highest BCUT2D eigenvalue weighted by molar-refractivity contribution is 7.09. The number of rotatable bonds is 5. The molecule has 108 valence electrons. The Morgan fingerprint density at radius 3 is 3.15 bits per heavy atom. The fraction of sp³-hybridized carbons (Fsp3) is 0.600. The average Bonchev–Trinajstić information content (AvgIpc) is 3.04. The second kappa shape index (κ2) is 6.06. The summed E-state index contributed by atoms with van der Waals surface area (Å²) in [6.45, 7) is 7.22. The topological polar surface area (TPSA) is 42.7 Å². The minimum absolute atomic E-state index is 0.543. The van der Waals surface area contributed by atoms with Crippen molar-refractivity contribution in [2.45, 2.75) is 52.1 Å². The van der Waals surface area contributed by atoms with Gasteiger partial charge in [-0.2, -0.15) is 0 Å². The third-order valence-corrected chi connectivity index (χ3v) is 4.89. The van der Waals surface area contributed by atoms with Gasteiger partial charge in [-0.25, -0.2) is 9.97 Å². The van der Waals surface area contributed by atoms with E-state index in [0.717, 1.165) is 31.7 Å². The SMILES string of the molecule is CCc1nc(CNC[C@@H]2CCCn3cc(C)nc32)cs1. The monoisotopic (exact) mass is 290 g/mol. The molecule has 0 unspecified atom stereocenters. The highest BCUT2D eigenvalue weighted by Gasteiger charge is 2.21. The van der Waals surface area contributed by atoms with Crippen LogP contribution in [0.1, 0.15) is 47.9 Å². The number of imidazole rings is 1. The number of aromatic nitrogens is 3. The minimum atomic E-state index is 0.543. The van der Waals surface area contributed by atoms with Crippen LogP contribution >= 0.6 is 11.3 Å². The highest BCUT2D eigenvalue weighted by Crippen LogP contribution is 2.26. The first-order chi connectivity index (χ1) is 9.76. The molecule has 2 aromatic heterocycles. The van der Waals surface area contributed by atoms with Crippen molar-refractivity contribution in [2.75, 3.05) is 6.54 Å². The normalized spacial score (nSPS) is 18.2. The zero-order chi connectivity index (χ0) is 13.9. The Bertz CT molecular complexity index is 572. The fourth-order valence-corrected chi connectivity index (χ4v) is 3.61. The van der Waals surface area contributed by atoms with Gasteiger partial charge in [0.05, 0.1) is 16.4 Å². The maximum absolute atomic E-state index is 4.69. The van der Waals surface area contributed by atoms with E-state index in [0.29, 0.717) is 5.92 Å². The van der Waals surface area contributed by atoms with Crippen LogP contribution in [0.5, 0.6) is 0 Å². The Morgan fingerprint density at radius 2 is 2.35 bits per heavy atom. The van der Waals surface area contributed by atoms with Gasteiger partial charge in [-0.1, -0.05) is 6.92 Å². The number of aryl methyl sites for hydroxylation is 3. The maximum atomic E-state index is 4.69. The van der Waals surface area contributed by atoms with Crippen molar-refractivity contribution in [2.24, 2.45) is 0 Å². The summed E-state index contributed by atoms with van der Waals surface area (Å²) < 4.78 is 2.32. The number of nitrogens with zero attached hydrogens (tertiary/aromatic N) is 3. The predicted molar refractivity (Wildman–Crippen MR) is 82.1 cm³/mol. The first kappa shape index (κ1) is 13.8. The molecule has 1 aliphatic rings. The molecule has 20 heavy (non-hydrogen) atoms. The molecule has 0 radical (unpaired) electrons. The van der Waals surface area contributed by atoms with Crippen LogP contribution in [0, 0.1) is 6.92 Å². The van der Waals surface area contributed by atoms with Gasteiger partial charge in [-0.3, -0.25) is 0 Å². The highest BCUT2D eigenvalue weighted by atomic mass is 32.1. The van der Waals surface area contributed by atoms with Crippen LogP contribution in [0.15, 0.2) is 11.6 Å². The van der Waals surface area contributed by atoms with E-state index in [4.69, 9.17) is 0 Å². The van der Waals surface area contributed by atoms with E-state index in [9.17, 15) is 0 Å². The lowest BCUT2D eigenvalue weighted by atomic mass is 9.99. The Morgan fingerprint density at radius 1 is 1.45 bits per heavy atom. The average molecular weight is 290 g/mol. The van der Waals surface area contributed by atoms with Gasteiger partial charge in [-0.15, -0.1) is 11.3 Å². The Hall–Kier alpha value is -1.20. The van der Waals surface area contributed by atoms with Gasteiger partial charge in [0, 0.05) is 37.1 Å². The zero-order valence-electron chi connectivity index (χ0n) is 12.2. The van der Waals surface area contributed by atoms with Gasteiger partial charge in [0.2, 0.25) is 0 Å². The Balaban J connectivity index is 1.56. The molecule has 0 aliphatic carbocycles. The van der Waals surface area contributed by atoms with Crippen molar-refractivity contribution in [3.8, 4) is 0 Å². The van der Waals surface area contributed by atoms with Gasteiger partial charge in [0.1, 0.15) is 5.82 Å². The van der Waals surface area contributed by atoms with Gasteiger partial charge < -0.3 is 9.88 Å². The summed E-state index contributed by atoms with van der Waals surface area (Å²) in [4.78, 5) is 9.28. The predicted octanol–water partition coefficient (Wildman–Crippen LogP) is 2.88. The molecule has 1 atom stereocenters. The molecule has 5 heteroatoms. The van der Waals surface area contributed by atoms with Crippen molar-refractivity contribution in [1.29, 1.82) is 0 Å². The molecule has 0 spiro atoms. The zero-order valence-corrected chi connectivity index (χ0v) is 13.0. The van der Waals surface area contributed by atoms with Gasteiger partial charge in [-0.05, 0) is 26.2 Å². The molecular formula is C15H22N4S. The van der Waals surface area contributed by atoms with Crippen LogP contribution in [0.25, 0.3) is 0 Å². The van der Waals surface area contributed by atoms with E-state index in [1.54, 1.807) is 11.3 Å². The molecule has 4 nitrogen and oxygen atoms in total. The maximum Gasteiger partial charge on any atom is 0.113 e. The molecule has 0 saturated carbocycles. The quantitative estimate of drug-likeness (QED) is 0.920. The van der Waals surface area contributed by atoms with Gasteiger partial charge in [0.15, 0.2) is 0 Å². The summed E-state index contributed by atoms with van der Waals surface area (Å²) >= 11 is 1.76. The van der Waals surface area contributed by atoms with Crippen molar-refractivity contribution in [3.63, 3.8) is 0 Å². The molecule has 0 amide bonds. The second-order valence-corrected chi connectivity index (χ2v) is 6.43. The summed E-state index contributed by atoms with van der Waals surface area (Å²) in [5.41, 5.74) is 2.31. The molecular weight excluding hydrogens is 268 g/mol. The van der Waals surface area contributed by atoms with Crippen LogP contribution in [-0.4, -0.2) is 21.1 Å². The molecule has 2 aromatic rings. The number of hydrogen-bond acceptors (Lipinski definition) is 4. The van der Waals surface area contributed by atoms with E-state index in [-0.39, 0.29) is 0 Å². The van der Waals surface area contributed by atoms with Crippen molar-refractivity contribution < 1.29 is 0 Å². The molecule has 3 rings (SSSR count). The number of thiazole rings is 1. The van der Waals surface area contributed by atoms with Crippen molar-refractivity contribution in [1.82, 2.24) is 19.9 Å². The van der Waals surface area contributed by atoms with E-state index in [2.05, 4.69) is 45.3 Å². The van der Waals surface area contributed by atoms with Crippen molar-refractivity contribution >= 4 is 11.3 Å². The summed E-state index contributed by atoms with van der Waals surface area (Å²) in [5, 5.41) is 6.94. The fourth-order valence-electron chi connectivity index (χ4n) is 2.87. The van der Waals surface area contributed by atoms with Crippen LogP contribution in [0.4, 0.5) is 0 Å². The third-order valence-electron chi connectivity index (χ3n) is 3.84. The number of fused-ring (bicyclic) bond motifs is 1. The van der Waals surface area contributed by atoms with E-state index in [1.807, 2.05) is 0 Å². The Labute approximate surface area is 124 Å². The summed E-state index contributed by atoms with van der Waals surface area (Å²) in [6, 6.07) is 0. The molecule has 1 N–H and O–H groups in total. The lowest BCUT2D eigenvalue weighted by molar-refractivity contribution is 0.422. The molecule has 0 saturated heterocycles. The molecule has 1 aliphatic heterocycles. The standard InChI is InChI=1S/C15H22N4S/c1-3-14-18-13(10-20-14)8-16-7-12-5-4-6-19-9-11(2)17-15(12)19/h9-10,12,16H,3-8H2,1-2H3/t12-/m0/s1. The summed E-state index contributed by atoms with van der Waals surface area (Å²) in [7, 11) is 0. The third kappa shape index (κ3) is 2.94. The van der Waals surface area contributed by atoms with E-state index >= 15 is 0 Å². The van der Waals surface area contributed by atoms with Crippen molar-refractivity contribution in [3.05, 3.63) is 33.8 Å². The smallest absolute Gasteiger partial charge is 0.113 e. The van der Waals surface area contributed by atoms with Crippen LogP contribution in [0.3, 0.4) is 0 Å². The van der Waals surface area contributed by atoms with Gasteiger partial charge in [0.25, 0.3) is 0 Å². The lowest BCUT2D eigenvalue weighted by Crippen LogP contribution is -2.26.